The van der Waals surface area contributed by atoms with Crippen molar-refractivity contribution in [1.82, 2.24) is 25.3 Å². The highest BCUT2D eigenvalue weighted by Crippen LogP contribution is 2.38. The van der Waals surface area contributed by atoms with Crippen LogP contribution < -0.4 is 15.5 Å². The number of urea groups is 1. The van der Waals surface area contributed by atoms with Crippen molar-refractivity contribution in [2.24, 2.45) is 5.92 Å². The number of carbonyl (C=O) groups is 2. The van der Waals surface area contributed by atoms with Gasteiger partial charge in [0, 0.05) is 49.4 Å². The molecule has 1 unspecified atom stereocenters. The number of pyridine rings is 1. The van der Waals surface area contributed by atoms with Gasteiger partial charge in [-0.25, -0.2) is 19.7 Å². The Hall–Kier alpha value is -4.12. The van der Waals surface area contributed by atoms with Gasteiger partial charge in [0.25, 0.3) is 0 Å². The summed E-state index contributed by atoms with van der Waals surface area (Å²) < 4.78 is 6.05. The first-order valence-electron chi connectivity index (χ1n) is 13.1. The van der Waals surface area contributed by atoms with Crippen LogP contribution in [0.2, 0.25) is 0 Å². The maximum atomic E-state index is 12.1. The Kier molecular flexibility index (Phi) is 9.37. The summed E-state index contributed by atoms with van der Waals surface area (Å²) in [6, 6.07) is 9.49. The lowest BCUT2D eigenvalue weighted by Gasteiger charge is -2.22. The van der Waals surface area contributed by atoms with Crippen LogP contribution in [0.3, 0.4) is 0 Å². The van der Waals surface area contributed by atoms with Gasteiger partial charge in [-0.05, 0) is 57.0 Å². The minimum atomic E-state index is -0.294. The molecule has 11 heteroatoms. The molecular formula is C28H33N7O3S. The largest absolute Gasteiger partial charge is 0.466 e. The molecule has 0 radical (unpaired) electrons. The molecule has 0 saturated heterocycles. The van der Waals surface area contributed by atoms with Crippen molar-refractivity contribution >= 4 is 44.6 Å². The highest BCUT2D eigenvalue weighted by atomic mass is 32.1. The smallest absolute Gasteiger partial charge is 0.321 e. The Morgan fingerprint density at radius 1 is 1.08 bits per heavy atom. The molecule has 3 heterocycles. The van der Waals surface area contributed by atoms with Crippen LogP contribution in [0.15, 0.2) is 48.9 Å². The number of thiazole rings is 1. The van der Waals surface area contributed by atoms with Crippen LogP contribution in [-0.2, 0) is 9.53 Å². The van der Waals surface area contributed by atoms with Crippen molar-refractivity contribution in [3.8, 4) is 22.4 Å². The molecule has 0 spiro atoms. The summed E-state index contributed by atoms with van der Waals surface area (Å²) in [5, 5.41) is 6.04. The van der Waals surface area contributed by atoms with E-state index in [9.17, 15) is 9.59 Å². The second-order valence-corrected chi connectivity index (χ2v) is 9.88. The summed E-state index contributed by atoms with van der Waals surface area (Å²) in [5.74, 6) is 0.223. The Bertz CT molecular complexity index is 1410. The number of hydrogen-bond acceptors (Lipinski definition) is 9. The number of anilines is 2. The first-order chi connectivity index (χ1) is 18.9. The SMILES string of the molecule is CCNC(=O)Nc1nc2cc(-c3cnc(N(CC)CCC(C)C(=O)OCC)nc3)cc(-c3ccccn3)c2s1. The third-order valence-corrected chi connectivity index (χ3v) is 7.17. The number of amides is 2. The van der Waals surface area contributed by atoms with Crippen LogP contribution in [0.4, 0.5) is 15.9 Å². The Labute approximate surface area is 231 Å². The fourth-order valence-corrected chi connectivity index (χ4v) is 5.02. The third-order valence-electron chi connectivity index (χ3n) is 6.15. The quantitative estimate of drug-likeness (QED) is 0.240. The fourth-order valence-electron chi connectivity index (χ4n) is 4.05. The van der Waals surface area contributed by atoms with Gasteiger partial charge in [0.1, 0.15) is 0 Å². The number of aromatic nitrogens is 4. The summed E-state index contributed by atoms with van der Waals surface area (Å²) in [6.45, 7) is 9.85. The topological polar surface area (TPSA) is 122 Å². The van der Waals surface area contributed by atoms with Gasteiger partial charge >= 0.3 is 12.0 Å². The van der Waals surface area contributed by atoms with Crippen molar-refractivity contribution in [1.29, 1.82) is 0 Å². The van der Waals surface area contributed by atoms with Crippen LogP contribution in [0.25, 0.3) is 32.6 Å². The van der Waals surface area contributed by atoms with Crippen molar-refractivity contribution in [2.45, 2.75) is 34.1 Å². The molecule has 0 aliphatic rings. The number of fused-ring (bicyclic) bond motifs is 1. The zero-order chi connectivity index (χ0) is 27.8. The van der Waals surface area contributed by atoms with Gasteiger partial charge < -0.3 is 15.0 Å². The molecule has 10 nitrogen and oxygen atoms in total. The summed E-state index contributed by atoms with van der Waals surface area (Å²) in [7, 11) is 0. The lowest BCUT2D eigenvalue weighted by molar-refractivity contribution is -0.147. The molecule has 3 aromatic heterocycles. The van der Waals surface area contributed by atoms with E-state index < -0.39 is 0 Å². The van der Waals surface area contributed by atoms with E-state index in [0.717, 1.165) is 32.6 Å². The van der Waals surface area contributed by atoms with E-state index in [-0.39, 0.29) is 17.9 Å². The number of ether oxygens (including phenoxy) is 1. The first kappa shape index (κ1) is 27.9. The lowest BCUT2D eigenvalue weighted by atomic mass is 10.0. The zero-order valence-electron chi connectivity index (χ0n) is 22.6. The monoisotopic (exact) mass is 547 g/mol. The van der Waals surface area contributed by atoms with Gasteiger partial charge in [0.05, 0.1) is 28.4 Å². The molecule has 39 heavy (non-hydrogen) atoms. The van der Waals surface area contributed by atoms with Crippen molar-refractivity contribution in [2.75, 3.05) is 36.5 Å². The van der Waals surface area contributed by atoms with E-state index in [4.69, 9.17) is 4.74 Å². The number of benzene rings is 1. The maximum absolute atomic E-state index is 12.1. The van der Waals surface area contributed by atoms with E-state index in [1.165, 1.54) is 11.3 Å². The summed E-state index contributed by atoms with van der Waals surface area (Å²) in [4.78, 5) is 44.6. The predicted octanol–water partition coefficient (Wildman–Crippen LogP) is 5.37. The van der Waals surface area contributed by atoms with Gasteiger partial charge in [-0.3, -0.25) is 15.1 Å². The summed E-state index contributed by atoms with van der Waals surface area (Å²) >= 11 is 1.40. The van der Waals surface area contributed by atoms with Gasteiger partial charge in [-0.1, -0.05) is 24.3 Å². The fraction of sp³-hybridized carbons (Fsp3) is 0.357. The minimum absolute atomic E-state index is 0.185. The molecule has 4 aromatic rings. The van der Waals surface area contributed by atoms with E-state index in [0.29, 0.717) is 43.7 Å². The number of nitrogens with one attached hydrogen (secondary N) is 2. The van der Waals surface area contributed by atoms with Crippen LogP contribution in [-0.4, -0.2) is 58.2 Å². The Balaban J connectivity index is 1.62. The van der Waals surface area contributed by atoms with E-state index in [1.807, 2.05) is 56.9 Å². The van der Waals surface area contributed by atoms with Crippen LogP contribution in [0.1, 0.15) is 34.1 Å². The van der Waals surface area contributed by atoms with Gasteiger partial charge in [0.2, 0.25) is 5.95 Å². The predicted molar refractivity (Wildman–Crippen MR) is 155 cm³/mol. The maximum Gasteiger partial charge on any atom is 0.321 e. The normalized spacial score (nSPS) is 11.7. The number of carbonyl (C=O) groups excluding carboxylic acids is 2. The molecule has 4 rings (SSSR count). The number of hydrogen-bond donors (Lipinski definition) is 2. The Morgan fingerprint density at radius 3 is 2.54 bits per heavy atom. The minimum Gasteiger partial charge on any atom is -0.466 e. The molecule has 2 N–H and O–H groups in total. The second-order valence-electron chi connectivity index (χ2n) is 8.88. The molecule has 1 aromatic carbocycles. The molecule has 0 fully saturated rings. The molecule has 0 aliphatic carbocycles. The molecule has 1 atom stereocenters. The molecular weight excluding hydrogens is 514 g/mol. The number of esters is 1. The van der Waals surface area contributed by atoms with E-state index >= 15 is 0 Å². The van der Waals surface area contributed by atoms with E-state index in [2.05, 4.69) is 36.6 Å². The molecule has 2 amide bonds. The van der Waals surface area contributed by atoms with Crippen LogP contribution in [0.5, 0.6) is 0 Å². The van der Waals surface area contributed by atoms with Crippen molar-refractivity contribution in [3.63, 3.8) is 0 Å². The lowest BCUT2D eigenvalue weighted by Crippen LogP contribution is -2.29. The van der Waals surface area contributed by atoms with Crippen molar-refractivity contribution in [3.05, 3.63) is 48.9 Å². The molecule has 0 aliphatic heterocycles. The van der Waals surface area contributed by atoms with Gasteiger partial charge in [-0.15, -0.1) is 0 Å². The highest BCUT2D eigenvalue weighted by molar-refractivity contribution is 7.22. The molecule has 0 saturated carbocycles. The molecule has 204 valence electrons. The molecule has 0 bridgehead atoms. The third kappa shape index (κ3) is 6.85. The summed E-state index contributed by atoms with van der Waals surface area (Å²) in [5.41, 5.74) is 4.19. The Morgan fingerprint density at radius 2 is 1.87 bits per heavy atom. The standard InChI is InChI=1S/C28H33N7O3S/c1-5-29-27(37)34-28-33-23-15-19(14-21(24(23)39-28)22-10-8-9-12-30-22)20-16-31-26(32-17-20)35(6-2)13-11-18(4)25(36)38-7-3/h8-10,12,14-18H,5-7,11,13H2,1-4H3,(H2,29,33,34,37). The van der Waals surface area contributed by atoms with Crippen LogP contribution >= 0.6 is 11.3 Å². The van der Waals surface area contributed by atoms with E-state index in [1.54, 1.807) is 18.6 Å². The van der Waals surface area contributed by atoms with Crippen molar-refractivity contribution < 1.29 is 14.3 Å². The number of rotatable bonds is 11. The van der Waals surface area contributed by atoms with Gasteiger partial charge in [0.15, 0.2) is 5.13 Å². The average Bonchev–Trinajstić information content (AvgIpc) is 3.36. The summed E-state index contributed by atoms with van der Waals surface area (Å²) in [6.07, 6.45) is 5.99. The second kappa shape index (κ2) is 13.1. The average molecular weight is 548 g/mol. The highest BCUT2D eigenvalue weighted by Gasteiger charge is 2.18. The zero-order valence-corrected chi connectivity index (χ0v) is 23.4. The first-order valence-corrected chi connectivity index (χ1v) is 13.9. The number of nitrogens with zero attached hydrogens (tertiary/aromatic N) is 5. The van der Waals surface area contributed by atoms with Gasteiger partial charge in [-0.2, -0.15) is 0 Å². The van der Waals surface area contributed by atoms with Crippen LogP contribution in [0, 0.1) is 5.92 Å².